The summed E-state index contributed by atoms with van der Waals surface area (Å²) in [6, 6.07) is 11.8. The van der Waals surface area contributed by atoms with Gasteiger partial charge in [-0.2, -0.15) is 0 Å². The first-order chi connectivity index (χ1) is 23.7. The third-order valence-corrected chi connectivity index (χ3v) is 7.27. The molecule has 0 saturated heterocycles. The van der Waals surface area contributed by atoms with Crippen LogP contribution in [-0.4, -0.2) is 61.6 Å². The second kappa shape index (κ2) is 14.6. The normalized spacial score (nSPS) is 18.8. The largest absolute Gasteiger partial charge is 0.493 e. The van der Waals surface area contributed by atoms with Crippen molar-refractivity contribution in [2.24, 2.45) is 0 Å². The number of esters is 5. The average Bonchev–Trinajstić information content (AvgIpc) is 3.03. The summed E-state index contributed by atoms with van der Waals surface area (Å²) in [7, 11) is 1.40. The standard InChI is InChI=1S/C35H32O15/c1-16(36)43-15-30-33(21-7-9-24(45-18(3)38)26(11-21)42-6)49-27-12-22(8-10-25(27)48-30)34-35(47-20(5)40)32(41)31-28(46-19(4)39)13-23(44-17(2)37)14-29(31)50-34/h7-14,30,33-35H,15H2,1-6H3/t30-,33-,34-,35-/m0/s1. The molecule has 0 spiro atoms. The van der Waals surface area contributed by atoms with Gasteiger partial charge in [0.25, 0.3) is 0 Å². The topological polar surface area (TPSA) is 185 Å². The highest BCUT2D eigenvalue weighted by atomic mass is 16.6. The second-order valence-electron chi connectivity index (χ2n) is 11.1. The number of hydrogen-bond acceptors (Lipinski definition) is 15. The minimum Gasteiger partial charge on any atom is -0.493 e. The number of benzene rings is 3. The lowest BCUT2D eigenvalue weighted by atomic mass is 9.92. The number of carbonyl (C=O) groups is 6. The van der Waals surface area contributed by atoms with Gasteiger partial charge >= 0.3 is 29.8 Å². The minimum atomic E-state index is -1.54. The molecule has 5 rings (SSSR count). The Balaban J connectivity index is 1.56. The molecule has 2 aliphatic rings. The second-order valence-corrected chi connectivity index (χ2v) is 11.1. The Morgan fingerprint density at radius 3 is 1.90 bits per heavy atom. The smallest absolute Gasteiger partial charge is 0.308 e. The molecule has 0 saturated carbocycles. The number of fused-ring (bicyclic) bond motifs is 2. The van der Waals surface area contributed by atoms with Gasteiger partial charge in [-0.05, 0) is 24.3 Å². The molecule has 0 aromatic heterocycles. The molecule has 0 amide bonds. The van der Waals surface area contributed by atoms with Gasteiger partial charge in [0, 0.05) is 57.9 Å². The maximum absolute atomic E-state index is 13.9. The third kappa shape index (κ3) is 7.77. The Labute approximate surface area is 285 Å². The fourth-order valence-electron chi connectivity index (χ4n) is 5.41. The van der Waals surface area contributed by atoms with Gasteiger partial charge in [-0.1, -0.05) is 12.1 Å². The van der Waals surface area contributed by atoms with E-state index < -0.39 is 60.0 Å². The summed E-state index contributed by atoms with van der Waals surface area (Å²) < 4.78 is 50.6. The molecule has 15 heteroatoms. The zero-order valence-corrected chi connectivity index (χ0v) is 27.8. The highest BCUT2D eigenvalue weighted by molar-refractivity contribution is 6.07. The van der Waals surface area contributed by atoms with Crippen molar-refractivity contribution in [1.29, 1.82) is 0 Å². The van der Waals surface area contributed by atoms with E-state index in [9.17, 15) is 28.8 Å². The Kier molecular flexibility index (Phi) is 10.2. The fourth-order valence-corrected chi connectivity index (χ4v) is 5.41. The van der Waals surface area contributed by atoms with E-state index in [4.69, 9.17) is 42.6 Å². The summed E-state index contributed by atoms with van der Waals surface area (Å²) in [5.74, 6) is -3.66. The Morgan fingerprint density at radius 1 is 0.620 bits per heavy atom. The first-order valence-corrected chi connectivity index (χ1v) is 15.1. The fraction of sp³-hybridized carbons (Fsp3) is 0.314. The number of hydrogen-bond donors (Lipinski definition) is 0. The van der Waals surface area contributed by atoms with Crippen molar-refractivity contribution in [3.05, 3.63) is 65.2 Å². The molecule has 4 atom stereocenters. The van der Waals surface area contributed by atoms with Crippen LogP contribution < -0.4 is 33.2 Å². The van der Waals surface area contributed by atoms with Crippen molar-refractivity contribution in [2.75, 3.05) is 13.7 Å². The van der Waals surface area contributed by atoms with Crippen LogP contribution in [0.25, 0.3) is 0 Å². The predicted molar refractivity (Wildman–Crippen MR) is 167 cm³/mol. The lowest BCUT2D eigenvalue weighted by molar-refractivity contribution is -0.149. The number of carbonyl (C=O) groups excluding carboxylic acids is 6. The molecule has 262 valence electrons. The molecule has 0 unspecified atom stereocenters. The molecule has 0 aliphatic carbocycles. The number of methoxy groups -OCH3 is 1. The van der Waals surface area contributed by atoms with E-state index in [1.165, 1.54) is 52.1 Å². The third-order valence-electron chi connectivity index (χ3n) is 7.27. The molecule has 0 N–H and O–H groups in total. The Hall–Kier alpha value is -6.12. The average molecular weight is 693 g/mol. The molecule has 2 aliphatic heterocycles. The lowest BCUT2D eigenvalue weighted by Crippen LogP contribution is -2.40. The van der Waals surface area contributed by atoms with Crippen LogP contribution in [0.4, 0.5) is 0 Å². The summed E-state index contributed by atoms with van der Waals surface area (Å²) >= 11 is 0. The van der Waals surface area contributed by atoms with E-state index >= 15 is 0 Å². The van der Waals surface area contributed by atoms with Gasteiger partial charge < -0.3 is 42.6 Å². The van der Waals surface area contributed by atoms with Gasteiger partial charge in [0.05, 0.1) is 7.11 Å². The minimum absolute atomic E-state index is 0.0658. The molecule has 50 heavy (non-hydrogen) atoms. The first kappa shape index (κ1) is 35.2. The van der Waals surface area contributed by atoms with Crippen LogP contribution in [-0.2, 0) is 33.4 Å². The van der Waals surface area contributed by atoms with Gasteiger partial charge in [0.1, 0.15) is 29.4 Å². The molecule has 0 fully saturated rings. The maximum atomic E-state index is 13.9. The maximum Gasteiger partial charge on any atom is 0.308 e. The summed E-state index contributed by atoms with van der Waals surface area (Å²) in [6.45, 7) is 5.73. The Bertz CT molecular complexity index is 1880. The van der Waals surface area contributed by atoms with Gasteiger partial charge in [-0.25, -0.2) is 0 Å². The van der Waals surface area contributed by atoms with Crippen LogP contribution in [0, 0.1) is 0 Å². The zero-order valence-electron chi connectivity index (χ0n) is 27.8. The molecule has 3 aromatic carbocycles. The summed E-state index contributed by atoms with van der Waals surface area (Å²) in [4.78, 5) is 73.0. The van der Waals surface area contributed by atoms with Crippen molar-refractivity contribution in [3.63, 3.8) is 0 Å². The van der Waals surface area contributed by atoms with E-state index in [1.54, 1.807) is 24.3 Å². The number of ether oxygens (including phenoxy) is 9. The number of ketones is 1. The van der Waals surface area contributed by atoms with Crippen LogP contribution >= 0.6 is 0 Å². The molecule has 3 aromatic rings. The number of rotatable bonds is 9. The molecular formula is C35H32O15. The van der Waals surface area contributed by atoms with E-state index in [0.717, 1.165) is 13.8 Å². The highest BCUT2D eigenvalue weighted by Crippen LogP contribution is 2.47. The van der Waals surface area contributed by atoms with Crippen molar-refractivity contribution < 1.29 is 71.4 Å². The summed E-state index contributed by atoms with van der Waals surface area (Å²) in [5, 5.41) is 0. The van der Waals surface area contributed by atoms with Gasteiger partial charge in [0.15, 0.2) is 41.3 Å². The quantitative estimate of drug-likeness (QED) is 0.230. The highest BCUT2D eigenvalue weighted by Gasteiger charge is 2.44. The summed E-state index contributed by atoms with van der Waals surface area (Å²) in [5.41, 5.74) is 0.623. The Morgan fingerprint density at radius 2 is 1.26 bits per heavy atom. The first-order valence-electron chi connectivity index (χ1n) is 15.1. The van der Waals surface area contributed by atoms with Crippen LogP contribution in [0.2, 0.25) is 0 Å². The monoisotopic (exact) mass is 692 g/mol. The molecular weight excluding hydrogens is 660 g/mol. The van der Waals surface area contributed by atoms with Crippen molar-refractivity contribution in [1.82, 2.24) is 0 Å². The predicted octanol–water partition coefficient (Wildman–Crippen LogP) is 4.16. The van der Waals surface area contributed by atoms with Crippen LogP contribution in [0.3, 0.4) is 0 Å². The van der Waals surface area contributed by atoms with Gasteiger partial charge in [-0.3, -0.25) is 28.8 Å². The van der Waals surface area contributed by atoms with Crippen LogP contribution in [0.15, 0.2) is 48.5 Å². The van der Waals surface area contributed by atoms with E-state index in [-0.39, 0.29) is 52.4 Å². The summed E-state index contributed by atoms with van der Waals surface area (Å²) in [6.07, 6.45) is -4.53. The number of Topliss-reactive ketones (excluding diaryl/α,β-unsaturated/α-hetero) is 1. The molecule has 15 nitrogen and oxygen atoms in total. The van der Waals surface area contributed by atoms with E-state index in [0.29, 0.717) is 11.1 Å². The van der Waals surface area contributed by atoms with Crippen LogP contribution in [0.1, 0.15) is 68.3 Å². The molecule has 2 heterocycles. The van der Waals surface area contributed by atoms with Crippen molar-refractivity contribution >= 4 is 35.6 Å². The van der Waals surface area contributed by atoms with Gasteiger partial charge in [0.2, 0.25) is 11.9 Å². The lowest BCUT2D eigenvalue weighted by Gasteiger charge is -2.36. The van der Waals surface area contributed by atoms with Crippen molar-refractivity contribution in [2.45, 2.75) is 59.0 Å². The molecule has 0 radical (unpaired) electrons. The van der Waals surface area contributed by atoms with E-state index in [2.05, 4.69) is 0 Å². The molecule has 0 bridgehead atoms. The zero-order chi connectivity index (χ0) is 36.3. The SMILES string of the molecule is COc1cc([C@@H]2Oc3cc([C@@H]4Oc5cc(OC(C)=O)cc(OC(C)=O)c5C(=O)[C@@H]4OC(C)=O)ccc3O[C@H]2COC(C)=O)ccc1OC(C)=O. The van der Waals surface area contributed by atoms with Crippen LogP contribution in [0.5, 0.6) is 40.2 Å². The van der Waals surface area contributed by atoms with Crippen molar-refractivity contribution in [3.8, 4) is 40.2 Å². The van der Waals surface area contributed by atoms with E-state index in [1.807, 2.05) is 0 Å². The van der Waals surface area contributed by atoms with Gasteiger partial charge in [-0.15, -0.1) is 0 Å².